The van der Waals surface area contributed by atoms with Gasteiger partial charge in [-0.1, -0.05) is 12.8 Å². The Balaban J connectivity index is 1.89. The van der Waals surface area contributed by atoms with Crippen molar-refractivity contribution in [1.82, 2.24) is 14.1 Å². The molecule has 0 aliphatic carbocycles. The van der Waals surface area contributed by atoms with Crippen molar-refractivity contribution in [2.24, 2.45) is 7.05 Å². The summed E-state index contributed by atoms with van der Waals surface area (Å²) in [6, 6.07) is 4.92. The normalized spacial score (nSPS) is 15.6. The largest absolute Gasteiger partial charge is 0.493 e. The summed E-state index contributed by atoms with van der Waals surface area (Å²) in [5.74, 6) is 0.420. The molecule has 0 unspecified atom stereocenters. The zero-order chi connectivity index (χ0) is 21.0. The molecule has 3 rings (SSSR count). The lowest BCUT2D eigenvalue weighted by Gasteiger charge is -2.19. The van der Waals surface area contributed by atoms with Crippen molar-refractivity contribution in [2.45, 2.75) is 30.7 Å². The van der Waals surface area contributed by atoms with Gasteiger partial charge in [-0.05, 0) is 25.0 Å². The molecule has 1 aliphatic heterocycles. The van der Waals surface area contributed by atoms with Crippen molar-refractivity contribution >= 4 is 21.6 Å². The molecular formula is C19H26N4O5S. The SMILES string of the molecule is COc1ccc(NC(=O)c2cn(C)nc2S(=O)(=O)N2CCCCCC2)cc1OC. The number of sulfonamides is 1. The van der Waals surface area contributed by atoms with Crippen molar-refractivity contribution in [1.29, 1.82) is 0 Å². The third-order valence-corrected chi connectivity index (χ3v) is 6.67. The maximum atomic E-state index is 13.1. The van der Waals surface area contributed by atoms with E-state index in [1.165, 1.54) is 29.4 Å². The number of methoxy groups -OCH3 is 2. The van der Waals surface area contributed by atoms with Crippen molar-refractivity contribution in [3.05, 3.63) is 30.0 Å². The fourth-order valence-electron chi connectivity index (χ4n) is 3.33. The predicted octanol–water partition coefficient (Wildman–Crippen LogP) is 2.25. The highest BCUT2D eigenvalue weighted by atomic mass is 32.2. The first-order valence-electron chi connectivity index (χ1n) is 9.44. The molecule has 0 saturated carbocycles. The molecule has 10 heteroatoms. The summed E-state index contributed by atoms with van der Waals surface area (Å²) in [7, 11) is 0.748. The van der Waals surface area contributed by atoms with Crippen molar-refractivity contribution in [3.8, 4) is 11.5 Å². The van der Waals surface area contributed by atoms with E-state index < -0.39 is 15.9 Å². The number of hydrogen-bond donors (Lipinski definition) is 1. The van der Waals surface area contributed by atoms with Gasteiger partial charge in [0.05, 0.1) is 19.8 Å². The molecule has 0 spiro atoms. The van der Waals surface area contributed by atoms with E-state index >= 15 is 0 Å². The number of nitrogens with zero attached hydrogens (tertiary/aromatic N) is 3. The molecule has 0 bridgehead atoms. The highest BCUT2D eigenvalue weighted by Gasteiger charge is 2.32. The molecule has 1 N–H and O–H groups in total. The second kappa shape index (κ2) is 8.83. The number of rotatable bonds is 6. The number of hydrogen-bond acceptors (Lipinski definition) is 6. The molecule has 2 aromatic rings. The molecule has 1 aromatic heterocycles. The van der Waals surface area contributed by atoms with Crippen LogP contribution >= 0.6 is 0 Å². The number of aromatic nitrogens is 2. The smallest absolute Gasteiger partial charge is 0.263 e. The Morgan fingerprint density at radius 3 is 2.34 bits per heavy atom. The Kier molecular flexibility index (Phi) is 6.43. The minimum atomic E-state index is -3.86. The average molecular weight is 423 g/mol. The number of amides is 1. The van der Waals surface area contributed by atoms with Gasteiger partial charge in [-0.25, -0.2) is 8.42 Å². The Morgan fingerprint density at radius 2 is 1.72 bits per heavy atom. The van der Waals surface area contributed by atoms with Crippen LogP contribution in [0.3, 0.4) is 0 Å². The maximum absolute atomic E-state index is 13.1. The van der Waals surface area contributed by atoms with Gasteiger partial charge in [0.15, 0.2) is 11.5 Å². The van der Waals surface area contributed by atoms with Gasteiger partial charge in [0.2, 0.25) is 5.03 Å². The van der Waals surface area contributed by atoms with E-state index in [4.69, 9.17) is 9.47 Å². The first kappa shape index (κ1) is 21.1. The molecule has 1 amide bonds. The number of anilines is 1. The second-order valence-electron chi connectivity index (χ2n) is 6.86. The second-order valence-corrected chi connectivity index (χ2v) is 8.72. The van der Waals surface area contributed by atoms with Crippen LogP contribution in [0, 0.1) is 0 Å². The lowest BCUT2D eigenvalue weighted by Crippen LogP contribution is -2.33. The minimum absolute atomic E-state index is 0.00605. The van der Waals surface area contributed by atoms with E-state index in [1.807, 2.05) is 0 Å². The monoisotopic (exact) mass is 422 g/mol. The zero-order valence-corrected chi connectivity index (χ0v) is 17.7. The summed E-state index contributed by atoms with van der Waals surface area (Å²) in [4.78, 5) is 12.9. The van der Waals surface area contributed by atoms with Gasteiger partial charge in [0.25, 0.3) is 15.9 Å². The zero-order valence-electron chi connectivity index (χ0n) is 16.8. The summed E-state index contributed by atoms with van der Waals surface area (Å²) >= 11 is 0. The van der Waals surface area contributed by atoms with Gasteiger partial charge in [-0.15, -0.1) is 0 Å². The molecule has 2 heterocycles. The quantitative estimate of drug-likeness (QED) is 0.766. The van der Waals surface area contributed by atoms with E-state index in [0.29, 0.717) is 30.3 Å². The third kappa shape index (κ3) is 4.54. The van der Waals surface area contributed by atoms with Crippen LogP contribution in [0.25, 0.3) is 0 Å². The van der Waals surface area contributed by atoms with Crippen LogP contribution in [0.5, 0.6) is 11.5 Å². The Labute approximate surface area is 170 Å². The van der Waals surface area contributed by atoms with Crippen molar-refractivity contribution in [2.75, 3.05) is 32.6 Å². The molecule has 1 aliphatic rings. The van der Waals surface area contributed by atoms with Crippen molar-refractivity contribution in [3.63, 3.8) is 0 Å². The third-order valence-electron chi connectivity index (χ3n) is 4.83. The van der Waals surface area contributed by atoms with Crippen LogP contribution in [0.4, 0.5) is 5.69 Å². The van der Waals surface area contributed by atoms with Crippen LogP contribution in [-0.2, 0) is 17.1 Å². The summed E-state index contributed by atoms with van der Waals surface area (Å²) < 4.78 is 39.5. The lowest BCUT2D eigenvalue weighted by atomic mass is 10.2. The first-order valence-corrected chi connectivity index (χ1v) is 10.9. The number of carbonyl (C=O) groups is 1. The maximum Gasteiger partial charge on any atom is 0.263 e. The number of nitrogens with one attached hydrogen (secondary N) is 1. The lowest BCUT2D eigenvalue weighted by molar-refractivity contribution is 0.102. The Morgan fingerprint density at radius 1 is 1.07 bits per heavy atom. The van der Waals surface area contributed by atoms with Gasteiger partial charge < -0.3 is 14.8 Å². The number of ether oxygens (including phenoxy) is 2. The predicted molar refractivity (Wildman–Crippen MR) is 108 cm³/mol. The molecule has 1 fully saturated rings. The van der Waals surface area contributed by atoms with E-state index in [2.05, 4.69) is 10.4 Å². The first-order chi connectivity index (χ1) is 13.9. The summed E-state index contributed by atoms with van der Waals surface area (Å²) in [6.07, 6.45) is 5.03. The van der Waals surface area contributed by atoms with Gasteiger partial charge >= 0.3 is 0 Å². The molecule has 158 valence electrons. The fourth-order valence-corrected chi connectivity index (χ4v) is 4.97. The van der Waals surface area contributed by atoms with E-state index in [9.17, 15) is 13.2 Å². The molecule has 0 atom stereocenters. The van der Waals surface area contributed by atoms with Crippen LogP contribution in [-0.4, -0.2) is 55.7 Å². The summed E-state index contributed by atoms with van der Waals surface area (Å²) in [5, 5.41) is 6.59. The summed E-state index contributed by atoms with van der Waals surface area (Å²) in [6.45, 7) is 0.880. The highest BCUT2D eigenvalue weighted by molar-refractivity contribution is 7.89. The van der Waals surface area contributed by atoms with Gasteiger partial charge in [-0.2, -0.15) is 9.40 Å². The van der Waals surface area contributed by atoms with Gasteiger partial charge in [0.1, 0.15) is 0 Å². The standard InChI is InChI=1S/C19H26N4O5S/c1-22-13-15(18(24)20-14-8-9-16(27-2)17(12-14)28-3)19(21-22)29(25,26)23-10-6-4-5-7-11-23/h8-9,12-13H,4-7,10-11H2,1-3H3,(H,20,24). The topological polar surface area (TPSA) is 103 Å². The average Bonchev–Trinajstić information content (AvgIpc) is 2.92. The molecular weight excluding hydrogens is 396 g/mol. The number of aryl methyl sites for hydroxylation is 1. The molecule has 1 aromatic carbocycles. The fraction of sp³-hybridized carbons (Fsp3) is 0.474. The highest BCUT2D eigenvalue weighted by Crippen LogP contribution is 2.30. The number of benzene rings is 1. The van der Waals surface area contributed by atoms with Crippen LogP contribution in [0.2, 0.25) is 0 Å². The summed E-state index contributed by atoms with van der Waals surface area (Å²) in [5.41, 5.74) is 0.459. The van der Waals surface area contributed by atoms with E-state index in [-0.39, 0.29) is 10.6 Å². The van der Waals surface area contributed by atoms with Crippen LogP contribution in [0.1, 0.15) is 36.0 Å². The van der Waals surface area contributed by atoms with Gasteiger partial charge in [0, 0.05) is 38.1 Å². The van der Waals surface area contributed by atoms with Gasteiger partial charge in [-0.3, -0.25) is 9.48 Å². The van der Waals surface area contributed by atoms with Crippen LogP contribution < -0.4 is 14.8 Å². The Hall–Kier alpha value is -2.59. The minimum Gasteiger partial charge on any atom is -0.493 e. The molecule has 1 saturated heterocycles. The molecule has 29 heavy (non-hydrogen) atoms. The van der Waals surface area contributed by atoms with Crippen molar-refractivity contribution < 1.29 is 22.7 Å². The molecule has 9 nitrogen and oxygen atoms in total. The number of carbonyl (C=O) groups excluding carboxylic acids is 1. The van der Waals surface area contributed by atoms with E-state index in [0.717, 1.165) is 25.7 Å². The molecule has 0 radical (unpaired) electrons. The van der Waals surface area contributed by atoms with Crippen LogP contribution in [0.15, 0.2) is 29.4 Å². The van der Waals surface area contributed by atoms with E-state index in [1.54, 1.807) is 25.2 Å². The Bertz CT molecular complexity index is 978.